The van der Waals surface area contributed by atoms with Gasteiger partial charge < -0.3 is 14.8 Å². The predicted molar refractivity (Wildman–Crippen MR) is 118 cm³/mol. The normalized spacial score (nSPS) is 13.0. The topological polar surface area (TPSA) is 76.7 Å². The Morgan fingerprint density at radius 2 is 1.86 bits per heavy atom. The summed E-state index contributed by atoms with van der Waals surface area (Å²) in [6.45, 7) is 2.09. The molecule has 0 saturated carbocycles. The number of methoxy groups -OCH3 is 1. The van der Waals surface area contributed by atoms with Gasteiger partial charge in [-0.25, -0.2) is 4.79 Å². The third-order valence-electron chi connectivity index (χ3n) is 4.71. The van der Waals surface area contributed by atoms with Crippen molar-refractivity contribution < 1.29 is 19.1 Å². The Kier molecular flexibility index (Phi) is 7.22. The maximum atomic E-state index is 12.6. The van der Waals surface area contributed by atoms with E-state index in [1.54, 1.807) is 38.3 Å². The molecule has 0 fully saturated rings. The Hall–Kier alpha value is -2.45. The van der Waals surface area contributed by atoms with E-state index in [-0.39, 0.29) is 17.0 Å². The molecule has 0 atom stereocenters. The summed E-state index contributed by atoms with van der Waals surface area (Å²) >= 11 is 6.84. The van der Waals surface area contributed by atoms with Crippen molar-refractivity contribution in [3.8, 4) is 5.75 Å². The van der Waals surface area contributed by atoms with Crippen LogP contribution in [0.15, 0.2) is 24.3 Å². The first-order valence-electron chi connectivity index (χ1n) is 9.61. The van der Waals surface area contributed by atoms with Crippen molar-refractivity contribution in [3.05, 3.63) is 45.8 Å². The number of carbonyl (C=O) groups is 2. The summed E-state index contributed by atoms with van der Waals surface area (Å²) in [5.41, 5.74) is 2.06. The molecule has 6 nitrogen and oxygen atoms in total. The molecule has 0 saturated heterocycles. The van der Waals surface area contributed by atoms with Gasteiger partial charge in [0, 0.05) is 10.4 Å². The molecule has 1 aromatic heterocycles. The highest BCUT2D eigenvalue weighted by Gasteiger charge is 2.26. The van der Waals surface area contributed by atoms with Crippen molar-refractivity contribution in [2.45, 2.75) is 39.0 Å². The summed E-state index contributed by atoms with van der Waals surface area (Å²) in [4.78, 5) is 26.2. The van der Waals surface area contributed by atoms with Crippen molar-refractivity contribution in [3.63, 3.8) is 0 Å². The van der Waals surface area contributed by atoms with Gasteiger partial charge in [-0.05, 0) is 74.7 Å². The number of thiocarbonyl (C=S) groups is 1. The van der Waals surface area contributed by atoms with E-state index in [1.807, 2.05) is 0 Å². The third kappa shape index (κ3) is 5.13. The van der Waals surface area contributed by atoms with Crippen molar-refractivity contribution in [1.29, 1.82) is 0 Å². The van der Waals surface area contributed by atoms with Gasteiger partial charge in [0.15, 0.2) is 5.11 Å². The minimum absolute atomic E-state index is 0.146. The Labute approximate surface area is 179 Å². The second kappa shape index (κ2) is 9.84. The number of ether oxygens (including phenoxy) is 2. The molecule has 0 spiro atoms. The number of aryl methyl sites for hydroxylation is 1. The summed E-state index contributed by atoms with van der Waals surface area (Å²) in [5, 5.41) is 6.49. The number of carbonyl (C=O) groups excluding carboxylic acids is 2. The van der Waals surface area contributed by atoms with Crippen LogP contribution < -0.4 is 15.4 Å². The van der Waals surface area contributed by atoms with Crippen molar-refractivity contribution in [2.75, 3.05) is 19.0 Å². The monoisotopic (exact) mass is 432 g/mol. The Bertz CT molecular complexity index is 906. The molecule has 1 aliphatic rings. The number of fused-ring (bicyclic) bond motifs is 1. The molecule has 1 aromatic carbocycles. The van der Waals surface area contributed by atoms with Crippen molar-refractivity contribution >= 4 is 45.5 Å². The zero-order valence-electron chi connectivity index (χ0n) is 16.5. The summed E-state index contributed by atoms with van der Waals surface area (Å²) in [6.07, 6.45) is 5.11. The van der Waals surface area contributed by atoms with Crippen LogP contribution >= 0.6 is 23.6 Å². The molecule has 2 N–H and O–H groups in total. The first-order chi connectivity index (χ1) is 14.0. The lowest BCUT2D eigenvalue weighted by molar-refractivity contribution is 0.0526. The molecule has 154 valence electrons. The summed E-state index contributed by atoms with van der Waals surface area (Å²) < 4.78 is 10.4. The van der Waals surface area contributed by atoms with Crippen molar-refractivity contribution in [1.82, 2.24) is 5.32 Å². The van der Waals surface area contributed by atoms with Gasteiger partial charge in [0.05, 0.1) is 19.3 Å². The molecule has 1 aliphatic carbocycles. The quantitative estimate of drug-likeness (QED) is 0.416. The molecule has 2 aromatic rings. The van der Waals surface area contributed by atoms with Gasteiger partial charge in [0.1, 0.15) is 10.8 Å². The molecule has 0 aliphatic heterocycles. The van der Waals surface area contributed by atoms with E-state index in [4.69, 9.17) is 21.7 Å². The number of anilines is 1. The summed E-state index contributed by atoms with van der Waals surface area (Å²) in [5.74, 6) is -0.0129. The van der Waals surface area contributed by atoms with Gasteiger partial charge in [0.2, 0.25) is 0 Å². The lowest BCUT2D eigenvalue weighted by Gasteiger charge is -2.11. The van der Waals surface area contributed by atoms with Crippen LogP contribution in [-0.2, 0) is 17.6 Å². The maximum absolute atomic E-state index is 12.6. The summed E-state index contributed by atoms with van der Waals surface area (Å²) in [7, 11) is 1.57. The number of amides is 1. The van der Waals surface area contributed by atoms with Crippen molar-refractivity contribution in [2.24, 2.45) is 0 Å². The van der Waals surface area contributed by atoms with Crippen LogP contribution in [0.5, 0.6) is 5.75 Å². The largest absolute Gasteiger partial charge is 0.497 e. The van der Waals surface area contributed by atoms with Gasteiger partial charge in [0.25, 0.3) is 5.91 Å². The second-order valence-corrected chi connectivity index (χ2v) is 8.14. The molecule has 0 radical (unpaired) electrons. The molecule has 0 unspecified atom stereocenters. The first kappa shape index (κ1) is 21.3. The zero-order chi connectivity index (χ0) is 20.8. The smallest absolute Gasteiger partial charge is 0.341 e. The standard InChI is InChI=1S/C21H24N2O4S2/c1-3-27-20(25)17-15-7-5-4-6-8-16(15)29-19(17)23-21(28)22-18(24)13-9-11-14(26-2)12-10-13/h9-12H,3-8H2,1-2H3,(H2,22,23,24,28). The molecule has 29 heavy (non-hydrogen) atoms. The molecule has 3 rings (SSSR count). The molecular formula is C21H24N2O4S2. The second-order valence-electron chi connectivity index (χ2n) is 6.63. The Morgan fingerprint density at radius 3 is 2.55 bits per heavy atom. The number of benzene rings is 1. The van der Waals surface area contributed by atoms with Gasteiger partial charge >= 0.3 is 5.97 Å². The van der Waals surface area contributed by atoms with Crippen LogP contribution in [0.3, 0.4) is 0 Å². The lowest BCUT2D eigenvalue weighted by atomic mass is 10.1. The SMILES string of the molecule is CCOC(=O)c1c(NC(=S)NC(=O)c2ccc(OC)cc2)sc2c1CCCCC2. The molecule has 1 heterocycles. The number of hydrogen-bond donors (Lipinski definition) is 2. The number of nitrogens with one attached hydrogen (secondary N) is 2. The lowest BCUT2D eigenvalue weighted by Crippen LogP contribution is -2.34. The number of thiophene rings is 1. The van der Waals surface area contributed by atoms with Crippen LogP contribution in [0.4, 0.5) is 5.00 Å². The fourth-order valence-electron chi connectivity index (χ4n) is 3.30. The van der Waals surface area contributed by atoms with Gasteiger partial charge in [-0.2, -0.15) is 0 Å². The fourth-order valence-corrected chi connectivity index (χ4v) is 4.84. The highest BCUT2D eigenvalue weighted by molar-refractivity contribution is 7.80. The van der Waals surface area contributed by atoms with Crippen LogP contribution in [-0.4, -0.2) is 30.7 Å². The third-order valence-corrected chi connectivity index (χ3v) is 6.12. The van der Waals surface area contributed by atoms with E-state index in [2.05, 4.69) is 10.6 Å². The molecule has 1 amide bonds. The van der Waals surface area contributed by atoms with E-state index in [0.29, 0.717) is 28.5 Å². The van der Waals surface area contributed by atoms with Crippen LogP contribution in [0.25, 0.3) is 0 Å². The first-order valence-corrected chi connectivity index (χ1v) is 10.8. The Morgan fingerprint density at radius 1 is 1.14 bits per heavy atom. The highest BCUT2D eigenvalue weighted by atomic mass is 32.1. The maximum Gasteiger partial charge on any atom is 0.341 e. The van der Waals surface area contributed by atoms with Gasteiger partial charge in [-0.15, -0.1) is 11.3 Å². The van der Waals surface area contributed by atoms with E-state index in [9.17, 15) is 9.59 Å². The molecule has 0 bridgehead atoms. The summed E-state index contributed by atoms with van der Waals surface area (Å²) in [6, 6.07) is 6.74. The average molecular weight is 433 g/mol. The molecule has 8 heteroatoms. The van der Waals surface area contributed by atoms with Gasteiger partial charge in [-0.1, -0.05) is 6.42 Å². The van der Waals surface area contributed by atoms with E-state index >= 15 is 0 Å². The average Bonchev–Trinajstić information content (AvgIpc) is 2.88. The minimum Gasteiger partial charge on any atom is -0.497 e. The van der Waals surface area contributed by atoms with E-state index < -0.39 is 0 Å². The Balaban J connectivity index is 1.76. The fraction of sp³-hybridized carbons (Fsp3) is 0.381. The van der Waals surface area contributed by atoms with E-state index in [0.717, 1.165) is 37.7 Å². The predicted octanol–water partition coefficient (Wildman–Crippen LogP) is 4.33. The number of rotatable bonds is 5. The highest BCUT2D eigenvalue weighted by Crippen LogP contribution is 2.38. The number of esters is 1. The number of hydrogen-bond acceptors (Lipinski definition) is 6. The van der Waals surface area contributed by atoms with Crippen LogP contribution in [0, 0.1) is 0 Å². The van der Waals surface area contributed by atoms with Crippen LogP contribution in [0.2, 0.25) is 0 Å². The van der Waals surface area contributed by atoms with E-state index in [1.165, 1.54) is 16.2 Å². The van der Waals surface area contributed by atoms with Gasteiger partial charge in [-0.3, -0.25) is 10.1 Å². The molecular weight excluding hydrogens is 408 g/mol. The minimum atomic E-state index is -0.348. The zero-order valence-corrected chi connectivity index (χ0v) is 18.1. The van der Waals surface area contributed by atoms with Crippen LogP contribution in [0.1, 0.15) is 57.3 Å².